The molecule has 0 saturated carbocycles. The topological polar surface area (TPSA) is 59.8 Å². The van der Waals surface area contributed by atoms with E-state index in [2.05, 4.69) is 29.4 Å². The van der Waals surface area contributed by atoms with E-state index in [9.17, 15) is 9.18 Å². The molecule has 0 spiro atoms. The number of carbonyl (C=O) groups is 1. The van der Waals surface area contributed by atoms with Gasteiger partial charge in [0.2, 0.25) is 5.91 Å². The van der Waals surface area contributed by atoms with Crippen LogP contribution in [0.3, 0.4) is 0 Å². The first kappa shape index (κ1) is 22.7. The number of aryl methyl sites for hydroxylation is 1. The SMILES string of the molecule is Cc1cccc(C(C)C)c1NC(=O)CSc1nnc(-c2ccccc2)n1-c1ccc(F)cc1. The summed E-state index contributed by atoms with van der Waals surface area (Å²) in [5, 5.41) is 12.3. The lowest BCUT2D eigenvalue weighted by atomic mass is 9.98. The number of nitrogens with one attached hydrogen (secondary N) is 1. The highest BCUT2D eigenvalue weighted by atomic mass is 32.2. The molecule has 0 saturated heterocycles. The number of anilines is 1. The van der Waals surface area contributed by atoms with Gasteiger partial charge in [0.05, 0.1) is 5.75 Å². The van der Waals surface area contributed by atoms with Crippen molar-refractivity contribution >= 4 is 23.4 Å². The standard InChI is InChI=1S/C26H25FN4OS/c1-17(2)22-11-7-8-18(3)24(22)28-23(32)16-33-26-30-29-25(19-9-5-4-6-10-19)31(26)21-14-12-20(27)13-15-21/h4-15,17H,16H2,1-3H3,(H,28,32). The number of aromatic nitrogens is 3. The summed E-state index contributed by atoms with van der Waals surface area (Å²) in [5.41, 5.74) is 4.61. The molecule has 0 aliphatic rings. The van der Waals surface area contributed by atoms with Gasteiger partial charge in [0.15, 0.2) is 11.0 Å². The molecule has 0 fully saturated rings. The van der Waals surface area contributed by atoms with Gasteiger partial charge in [-0.05, 0) is 48.2 Å². The van der Waals surface area contributed by atoms with Gasteiger partial charge in [-0.15, -0.1) is 10.2 Å². The molecule has 4 rings (SSSR count). The second kappa shape index (κ2) is 10.0. The minimum atomic E-state index is -0.319. The van der Waals surface area contributed by atoms with Crippen LogP contribution in [0.5, 0.6) is 0 Å². The zero-order valence-electron chi connectivity index (χ0n) is 18.7. The first-order valence-electron chi connectivity index (χ1n) is 10.7. The number of halogens is 1. The molecule has 1 heterocycles. The third-order valence-electron chi connectivity index (χ3n) is 5.27. The minimum absolute atomic E-state index is 0.119. The zero-order valence-corrected chi connectivity index (χ0v) is 19.6. The summed E-state index contributed by atoms with van der Waals surface area (Å²) >= 11 is 1.29. The van der Waals surface area contributed by atoms with Crippen molar-refractivity contribution in [2.75, 3.05) is 11.1 Å². The van der Waals surface area contributed by atoms with Gasteiger partial charge >= 0.3 is 0 Å². The maximum absolute atomic E-state index is 13.5. The maximum atomic E-state index is 13.5. The zero-order chi connectivity index (χ0) is 23.4. The van der Waals surface area contributed by atoms with Crippen LogP contribution in [0.4, 0.5) is 10.1 Å². The number of hydrogen-bond acceptors (Lipinski definition) is 4. The Hall–Kier alpha value is -3.45. The molecule has 5 nitrogen and oxygen atoms in total. The summed E-state index contributed by atoms with van der Waals surface area (Å²) in [6, 6.07) is 21.9. The molecule has 0 unspecified atom stereocenters. The molecule has 0 bridgehead atoms. The van der Waals surface area contributed by atoms with Crippen LogP contribution >= 0.6 is 11.8 Å². The molecular formula is C26H25FN4OS. The van der Waals surface area contributed by atoms with Crippen molar-refractivity contribution in [2.24, 2.45) is 0 Å². The summed E-state index contributed by atoms with van der Waals surface area (Å²) < 4.78 is 15.4. The van der Waals surface area contributed by atoms with Crippen molar-refractivity contribution in [3.8, 4) is 17.1 Å². The van der Waals surface area contributed by atoms with Gasteiger partial charge < -0.3 is 5.32 Å². The molecule has 0 atom stereocenters. The first-order chi connectivity index (χ1) is 15.9. The fourth-order valence-electron chi connectivity index (χ4n) is 3.61. The Morgan fingerprint density at radius 1 is 1.00 bits per heavy atom. The molecule has 3 aromatic carbocycles. The Labute approximate surface area is 197 Å². The Kier molecular flexibility index (Phi) is 6.89. The van der Waals surface area contributed by atoms with Gasteiger partial charge in [0.1, 0.15) is 5.82 Å². The van der Waals surface area contributed by atoms with Crippen LogP contribution in [-0.4, -0.2) is 26.4 Å². The van der Waals surface area contributed by atoms with Crippen LogP contribution in [0.15, 0.2) is 78.0 Å². The minimum Gasteiger partial charge on any atom is -0.325 e. The quantitative estimate of drug-likeness (QED) is 0.332. The molecule has 0 aliphatic carbocycles. The lowest BCUT2D eigenvalue weighted by Crippen LogP contribution is -2.17. The average Bonchev–Trinajstić information content (AvgIpc) is 3.24. The molecule has 4 aromatic rings. The molecule has 1 N–H and O–H groups in total. The van der Waals surface area contributed by atoms with E-state index < -0.39 is 0 Å². The number of carbonyl (C=O) groups excluding carboxylic acids is 1. The van der Waals surface area contributed by atoms with Crippen molar-refractivity contribution in [3.63, 3.8) is 0 Å². The van der Waals surface area contributed by atoms with E-state index in [1.807, 2.05) is 60.0 Å². The second-order valence-corrected chi connectivity index (χ2v) is 8.96. The van der Waals surface area contributed by atoms with Crippen molar-refractivity contribution in [1.29, 1.82) is 0 Å². The van der Waals surface area contributed by atoms with Gasteiger partial charge in [-0.1, -0.05) is 74.1 Å². The highest BCUT2D eigenvalue weighted by Crippen LogP contribution is 2.30. The summed E-state index contributed by atoms with van der Waals surface area (Å²) in [6.07, 6.45) is 0. The summed E-state index contributed by atoms with van der Waals surface area (Å²) in [6.45, 7) is 6.21. The third-order valence-corrected chi connectivity index (χ3v) is 6.20. The molecule has 1 amide bonds. The second-order valence-electron chi connectivity index (χ2n) is 8.01. The molecule has 33 heavy (non-hydrogen) atoms. The van der Waals surface area contributed by atoms with Crippen LogP contribution in [0.25, 0.3) is 17.1 Å². The van der Waals surface area contributed by atoms with E-state index in [4.69, 9.17) is 0 Å². The molecular weight excluding hydrogens is 435 g/mol. The van der Waals surface area contributed by atoms with Crippen LogP contribution in [-0.2, 0) is 4.79 Å². The molecule has 0 aliphatic heterocycles. The number of thioether (sulfide) groups is 1. The number of para-hydroxylation sites is 1. The predicted octanol–water partition coefficient (Wildman–Crippen LogP) is 6.24. The van der Waals surface area contributed by atoms with E-state index in [0.29, 0.717) is 16.9 Å². The fraction of sp³-hybridized carbons (Fsp3) is 0.192. The number of rotatable bonds is 7. The van der Waals surface area contributed by atoms with E-state index in [0.717, 1.165) is 28.1 Å². The Morgan fingerprint density at radius 2 is 1.73 bits per heavy atom. The van der Waals surface area contributed by atoms with Gasteiger partial charge in [-0.25, -0.2) is 4.39 Å². The average molecular weight is 461 g/mol. The predicted molar refractivity (Wildman–Crippen MR) is 131 cm³/mol. The van der Waals surface area contributed by atoms with E-state index in [-0.39, 0.29) is 17.5 Å². The van der Waals surface area contributed by atoms with Crippen molar-refractivity contribution in [2.45, 2.75) is 31.8 Å². The van der Waals surface area contributed by atoms with Crippen LogP contribution < -0.4 is 5.32 Å². The molecule has 7 heteroatoms. The summed E-state index contributed by atoms with van der Waals surface area (Å²) in [4.78, 5) is 12.8. The normalized spacial score (nSPS) is 11.1. The largest absolute Gasteiger partial charge is 0.325 e. The summed E-state index contributed by atoms with van der Waals surface area (Å²) in [7, 11) is 0. The van der Waals surface area contributed by atoms with Gasteiger partial charge in [-0.3, -0.25) is 9.36 Å². The van der Waals surface area contributed by atoms with Gasteiger partial charge in [0.25, 0.3) is 0 Å². The number of hydrogen-bond donors (Lipinski definition) is 1. The fourth-order valence-corrected chi connectivity index (χ4v) is 4.36. The smallest absolute Gasteiger partial charge is 0.234 e. The monoisotopic (exact) mass is 460 g/mol. The van der Waals surface area contributed by atoms with Crippen molar-refractivity contribution in [1.82, 2.24) is 14.8 Å². The van der Waals surface area contributed by atoms with E-state index >= 15 is 0 Å². The van der Waals surface area contributed by atoms with Crippen LogP contribution in [0, 0.1) is 12.7 Å². The highest BCUT2D eigenvalue weighted by molar-refractivity contribution is 7.99. The molecule has 1 aromatic heterocycles. The number of amides is 1. The van der Waals surface area contributed by atoms with E-state index in [1.54, 1.807) is 12.1 Å². The van der Waals surface area contributed by atoms with Crippen molar-refractivity contribution < 1.29 is 9.18 Å². The van der Waals surface area contributed by atoms with Gasteiger partial charge in [-0.2, -0.15) is 0 Å². The first-order valence-corrected chi connectivity index (χ1v) is 11.7. The Bertz CT molecular complexity index is 1250. The van der Waals surface area contributed by atoms with Crippen LogP contribution in [0.1, 0.15) is 30.9 Å². The lowest BCUT2D eigenvalue weighted by molar-refractivity contribution is -0.113. The lowest BCUT2D eigenvalue weighted by Gasteiger charge is -2.16. The third kappa shape index (κ3) is 5.14. The number of benzene rings is 3. The molecule has 168 valence electrons. The molecule has 0 radical (unpaired) electrons. The Morgan fingerprint density at radius 3 is 2.42 bits per heavy atom. The highest BCUT2D eigenvalue weighted by Gasteiger charge is 2.18. The number of nitrogens with zero attached hydrogens (tertiary/aromatic N) is 3. The van der Waals surface area contributed by atoms with Crippen molar-refractivity contribution in [3.05, 3.63) is 89.7 Å². The van der Waals surface area contributed by atoms with Gasteiger partial charge in [0, 0.05) is 16.9 Å². The maximum Gasteiger partial charge on any atom is 0.234 e. The summed E-state index contributed by atoms with van der Waals surface area (Å²) in [5.74, 6) is 0.654. The Balaban J connectivity index is 1.60. The van der Waals surface area contributed by atoms with E-state index in [1.165, 1.54) is 23.9 Å². The van der Waals surface area contributed by atoms with Crippen LogP contribution in [0.2, 0.25) is 0 Å².